The number of methoxy groups -OCH3 is 1. The minimum atomic E-state index is -0.324. The fraction of sp³-hybridized carbons (Fsp3) is 0.417. The molecule has 0 saturated heterocycles. The van der Waals surface area contributed by atoms with Gasteiger partial charge in [-0.15, -0.1) is 10.1 Å². The second kappa shape index (κ2) is 6.64. The summed E-state index contributed by atoms with van der Waals surface area (Å²) in [7, 11) is 1.45. The van der Waals surface area contributed by atoms with E-state index in [0.717, 1.165) is 6.42 Å². The van der Waals surface area contributed by atoms with Crippen LogP contribution in [0.15, 0.2) is 16.9 Å². The molecule has 2 N–H and O–H groups in total. The van der Waals surface area contributed by atoms with E-state index >= 15 is 0 Å². The maximum atomic E-state index is 10.9. The average molecular weight is 292 g/mol. The highest BCUT2D eigenvalue weighted by Gasteiger charge is 2.11. The van der Waals surface area contributed by atoms with Crippen LogP contribution >= 0.6 is 0 Å². The zero-order chi connectivity index (χ0) is 15.2. The van der Waals surface area contributed by atoms with Crippen LogP contribution in [-0.4, -0.2) is 38.3 Å². The molecule has 2 aromatic heterocycles. The van der Waals surface area contributed by atoms with Crippen molar-refractivity contribution in [2.24, 2.45) is 0 Å². The van der Waals surface area contributed by atoms with Crippen LogP contribution < -0.4 is 20.3 Å². The Balaban J connectivity index is 2.23. The van der Waals surface area contributed by atoms with Crippen molar-refractivity contribution in [2.45, 2.75) is 26.3 Å². The first kappa shape index (κ1) is 14.7. The Bertz CT molecular complexity index is 639. The molecule has 21 heavy (non-hydrogen) atoms. The van der Waals surface area contributed by atoms with Gasteiger partial charge >= 0.3 is 12.0 Å². The van der Waals surface area contributed by atoms with Gasteiger partial charge in [0, 0.05) is 18.2 Å². The Morgan fingerprint density at radius 1 is 1.29 bits per heavy atom. The fourth-order valence-corrected chi connectivity index (χ4v) is 1.34. The minimum absolute atomic E-state index is 0.0206. The first-order chi connectivity index (χ1) is 10.1. The van der Waals surface area contributed by atoms with Crippen LogP contribution in [0.25, 0.3) is 0 Å². The van der Waals surface area contributed by atoms with Crippen LogP contribution in [0, 0.1) is 0 Å². The topological polar surface area (TPSA) is 115 Å². The second-order valence-electron chi connectivity index (χ2n) is 4.24. The summed E-state index contributed by atoms with van der Waals surface area (Å²) < 4.78 is 10.4. The third-order valence-electron chi connectivity index (χ3n) is 2.61. The number of nitrogens with zero attached hydrogens (tertiary/aromatic N) is 4. The van der Waals surface area contributed by atoms with Crippen molar-refractivity contribution in [3.63, 3.8) is 0 Å². The Hall–Kier alpha value is -2.71. The van der Waals surface area contributed by atoms with Gasteiger partial charge in [-0.05, 0) is 13.3 Å². The second-order valence-corrected chi connectivity index (χ2v) is 4.24. The molecule has 0 aliphatic rings. The van der Waals surface area contributed by atoms with Gasteiger partial charge in [0.25, 0.3) is 5.56 Å². The lowest BCUT2D eigenvalue weighted by molar-refractivity contribution is 0.355. The SMILES string of the molecule is CC[C@@H](C)Nc1nc(OC)nc(Oc2ccc(=O)[nH]n2)n1. The highest BCUT2D eigenvalue weighted by molar-refractivity contribution is 5.29. The number of anilines is 1. The van der Waals surface area contributed by atoms with Gasteiger partial charge in [0.15, 0.2) is 0 Å². The smallest absolute Gasteiger partial charge is 0.331 e. The van der Waals surface area contributed by atoms with Gasteiger partial charge in [-0.3, -0.25) is 4.79 Å². The number of hydrogen-bond acceptors (Lipinski definition) is 8. The molecule has 9 nitrogen and oxygen atoms in total. The maximum absolute atomic E-state index is 10.9. The Labute approximate surface area is 120 Å². The van der Waals surface area contributed by atoms with Gasteiger partial charge in [-0.25, -0.2) is 5.10 Å². The summed E-state index contributed by atoms with van der Waals surface area (Å²) in [6, 6.07) is 3.04. The lowest BCUT2D eigenvalue weighted by Crippen LogP contribution is -2.16. The lowest BCUT2D eigenvalue weighted by Gasteiger charge is -2.12. The predicted octanol–water partition coefficient (Wildman–Crippen LogP) is 0.966. The molecular weight excluding hydrogens is 276 g/mol. The maximum Gasteiger partial charge on any atom is 0.331 e. The van der Waals surface area contributed by atoms with Crippen molar-refractivity contribution < 1.29 is 9.47 Å². The van der Waals surface area contributed by atoms with Crippen LogP contribution in [0.5, 0.6) is 17.9 Å². The van der Waals surface area contributed by atoms with Gasteiger partial charge in [-0.2, -0.15) is 9.97 Å². The van der Waals surface area contributed by atoms with E-state index in [4.69, 9.17) is 9.47 Å². The summed E-state index contributed by atoms with van der Waals surface area (Å²) >= 11 is 0. The summed E-state index contributed by atoms with van der Waals surface area (Å²) in [6.45, 7) is 4.04. The van der Waals surface area contributed by atoms with Gasteiger partial charge in [-0.1, -0.05) is 6.92 Å². The van der Waals surface area contributed by atoms with E-state index in [2.05, 4.69) is 30.5 Å². The number of nitrogens with one attached hydrogen (secondary N) is 2. The molecule has 2 aromatic rings. The molecule has 0 spiro atoms. The van der Waals surface area contributed by atoms with Crippen molar-refractivity contribution in [1.29, 1.82) is 0 Å². The van der Waals surface area contributed by atoms with Gasteiger partial charge < -0.3 is 14.8 Å². The summed E-state index contributed by atoms with van der Waals surface area (Å²) in [4.78, 5) is 23.1. The summed E-state index contributed by atoms with van der Waals surface area (Å²) in [5.74, 6) is 0.507. The van der Waals surface area contributed by atoms with E-state index in [1.807, 2.05) is 13.8 Å². The van der Waals surface area contributed by atoms with Crippen LogP contribution in [0.3, 0.4) is 0 Å². The number of aromatic nitrogens is 5. The van der Waals surface area contributed by atoms with E-state index in [1.165, 1.54) is 19.2 Å². The normalized spacial score (nSPS) is 11.8. The van der Waals surface area contributed by atoms with Crippen molar-refractivity contribution in [3.8, 4) is 17.9 Å². The zero-order valence-electron chi connectivity index (χ0n) is 12.0. The number of rotatable bonds is 6. The van der Waals surface area contributed by atoms with Gasteiger partial charge in [0.1, 0.15) is 0 Å². The molecule has 0 unspecified atom stereocenters. The molecule has 0 radical (unpaired) electrons. The van der Waals surface area contributed by atoms with Crippen molar-refractivity contribution >= 4 is 5.95 Å². The third-order valence-corrected chi connectivity index (χ3v) is 2.61. The van der Waals surface area contributed by atoms with Gasteiger partial charge in [0.2, 0.25) is 11.8 Å². The van der Waals surface area contributed by atoms with Crippen LogP contribution in [-0.2, 0) is 0 Å². The molecule has 0 aliphatic carbocycles. The molecule has 0 bridgehead atoms. The number of hydrogen-bond donors (Lipinski definition) is 2. The van der Waals surface area contributed by atoms with Crippen LogP contribution in [0.1, 0.15) is 20.3 Å². The van der Waals surface area contributed by atoms with Gasteiger partial charge in [0.05, 0.1) is 7.11 Å². The minimum Gasteiger partial charge on any atom is -0.467 e. The molecule has 0 saturated carbocycles. The molecule has 0 aromatic carbocycles. The average Bonchev–Trinajstić information content (AvgIpc) is 2.49. The molecule has 112 valence electrons. The fourth-order valence-electron chi connectivity index (χ4n) is 1.34. The van der Waals surface area contributed by atoms with Crippen molar-refractivity contribution in [2.75, 3.05) is 12.4 Å². The molecule has 0 aliphatic heterocycles. The van der Waals surface area contributed by atoms with Crippen LogP contribution in [0.4, 0.5) is 5.95 Å². The van der Waals surface area contributed by atoms with E-state index < -0.39 is 0 Å². The Kier molecular flexibility index (Phi) is 4.64. The molecule has 9 heteroatoms. The molecule has 2 heterocycles. The third kappa shape index (κ3) is 4.13. The predicted molar refractivity (Wildman–Crippen MR) is 74.7 cm³/mol. The summed E-state index contributed by atoms with van der Waals surface area (Å²) in [6.07, 6.45) is 0.908. The van der Waals surface area contributed by atoms with E-state index in [0.29, 0.717) is 5.95 Å². The van der Waals surface area contributed by atoms with Crippen LogP contribution in [0.2, 0.25) is 0 Å². The van der Waals surface area contributed by atoms with E-state index in [-0.39, 0.29) is 29.5 Å². The number of H-pyrrole nitrogens is 1. The summed E-state index contributed by atoms with van der Waals surface area (Å²) in [5.41, 5.74) is -0.324. The molecule has 0 fully saturated rings. The van der Waals surface area contributed by atoms with Crippen molar-refractivity contribution in [3.05, 3.63) is 22.5 Å². The monoisotopic (exact) mass is 292 g/mol. The van der Waals surface area contributed by atoms with E-state index in [9.17, 15) is 4.79 Å². The van der Waals surface area contributed by atoms with Crippen molar-refractivity contribution in [1.82, 2.24) is 25.1 Å². The first-order valence-corrected chi connectivity index (χ1v) is 6.41. The van der Waals surface area contributed by atoms with E-state index in [1.54, 1.807) is 0 Å². The lowest BCUT2D eigenvalue weighted by atomic mass is 10.3. The highest BCUT2D eigenvalue weighted by atomic mass is 16.5. The molecule has 0 amide bonds. The summed E-state index contributed by atoms with van der Waals surface area (Å²) in [5, 5.41) is 9.07. The number of aromatic amines is 1. The number of ether oxygens (including phenoxy) is 2. The molecule has 2 rings (SSSR count). The molecule has 1 atom stereocenters. The highest BCUT2D eigenvalue weighted by Crippen LogP contribution is 2.18. The standard InChI is InChI=1S/C12H16N6O3/c1-4-7(2)13-10-14-11(20-3)16-12(15-10)21-9-6-5-8(19)17-18-9/h5-7H,4H2,1-3H3,(H,17,19)(H,13,14,15,16)/t7-/m1/s1. The first-order valence-electron chi connectivity index (χ1n) is 6.41. The Morgan fingerprint density at radius 3 is 2.67 bits per heavy atom. The zero-order valence-corrected chi connectivity index (χ0v) is 12.0. The molecular formula is C12H16N6O3. The quantitative estimate of drug-likeness (QED) is 0.809. The largest absolute Gasteiger partial charge is 0.467 e. The Morgan fingerprint density at radius 2 is 2.05 bits per heavy atom.